The van der Waals surface area contributed by atoms with Gasteiger partial charge in [-0.25, -0.2) is 0 Å². The molecule has 0 spiro atoms. The molecule has 0 radical (unpaired) electrons. The molecule has 0 unspecified atom stereocenters. The Morgan fingerprint density at radius 1 is 0.744 bits per heavy atom. The van der Waals surface area contributed by atoms with Gasteiger partial charge in [-0.3, -0.25) is 19.2 Å². The van der Waals surface area contributed by atoms with Crippen LogP contribution in [0.25, 0.3) is 17.0 Å². The third kappa shape index (κ3) is 7.66. The number of aromatic nitrogens is 1. The first-order valence-electron chi connectivity index (χ1n) is 13.4. The van der Waals surface area contributed by atoms with Crippen molar-refractivity contribution in [2.75, 3.05) is 16.4 Å². The Bertz CT molecular complexity index is 1810. The molecular weight excluding hydrogens is 560 g/mol. The Morgan fingerprint density at radius 2 is 1.40 bits per heavy atom. The standard InChI is InChI=1S/C34H28N4O4S/c1-22(39)23-11-13-26(14-12-23)36-32(40)21-43-28-17-15-27(16-18-28)37-34(42)31(38-33(41)24-7-3-2-4-8-24)19-25-20-35-30-10-6-5-9-29(25)30/h2-20,35H,21H2,1H3,(H,36,40)(H,37,42)(H,38,41)/b31-19+. The maximum absolute atomic E-state index is 13.4. The second-order valence-electron chi connectivity index (χ2n) is 9.62. The number of thioether (sulfide) groups is 1. The van der Waals surface area contributed by atoms with Crippen molar-refractivity contribution < 1.29 is 19.2 Å². The fourth-order valence-corrected chi connectivity index (χ4v) is 4.98. The third-order valence-electron chi connectivity index (χ3n) is 6.51. The molecule has 0 aliphatic carbocycles. The van der Waals surface area contributed by atoms with Crippen molar-refractivity contribution in [1.29, 1.82) is 0 Å². The zero-order valence-electron chi connectivity index (χ0n) is 23.2. The summed E-state index contributed by atoms with van der Waals surface area (Å²) >= 11 is 1.35. The number of benzene rings is 4. The fourth-order valence-electron chi connectivity index (χ4n) is 4.28. The highest BCUT2D eigenvalue weighted by molar-refractivity contribution is 8.00. The van der Waals surface area contributed by atoms with Crippen LogP contribution in [0.5, 0.6) is 0 Å². The van der Waals surface area contributed by atoms with Crippen LogP contribution in [0.3, 0.4) is 0 Å². The summed E-state index contributed by atoms with van der Waals surface area (Å²) in [6.07, 6.45) is 3.43. The van der Waals surface area contributed by atoms with E-state index >= 15 is 0 Å². The summed E-state index contributed by atoms with van der Waals surface area (Å²) in [5.41, 5.74) is 3.92. The lowest BCUT2D eigenvalue weighted by atomic mass is 10.1. The monoisotopic (exact) mass is 588 g/mol. The smallest absolute Gasteiger partial charge is 0.272 e. The number of hydrogen-bond acceptors (Lipinski definition) is 5. The van der Waals surface area contributed by atoms with E-state index in [0.717, 1.165) is 21.4 Å². The number of para-hydroxylation sites is 1. The van der Waals surface area contributed by atoms with Gasteiger partial charge in [-0.15, -0.1) is 11.8 Å². The van der Waals surface area contributed by atoms with Gasteiger partial charge in [0.25, 0.3) is 11.8 Å². The van der Waals surface area contributed by atoms with Crippen LogP contribution < -0.4 is 16.0 Å². The highest BCUT2D eigenvalue weighted by Crippen LogP contribution is 2.23. The summed E-state index contributed by atoms with van der Waals surface area (Å²) in [5, 5.41) is 9.34. The first kappa shape index (κ1) is 29.1. The molecule has 43 heavy (non-hydrogen) atoms. The van der Waals surface area contributed by atoms with Crippen molar-refractivity contribution >= 4 is 63.6 Å². The minimum absolute atomic E-state index is 0.0356. The molecule has 1 aromatic heterocycles. The molecule has 0 aliphatic heterocycles. The highest BCUT2D eigenvalue weighted by Gasteiger charge is 2.16. The normalized spacial score (nSPS) is 11.1. The second-order valence-corrected chi connectivity index (χ2v) is 10.7. The number of amides is 3. The van der Waals surface area contributed by atoms with E-state index in [1.54, 1.807) is 85.1 Å². The average Bonchev–Trinajstić information content (AvgIpc) is 3.43. The van der Waals surface area contributed by atoms with Gasteiger partial charge in [0.2, 0.25) is 5.91 Å². The van der Waals surface area contributed by atoms with Gasteiger partial charge in [0.15, 0.2) is 5.78 Å². The van der Waals surface area contributed by atoms with Crippen molar-refractivity contribution in [3.8, 4) is 0 Å². The van der Waals surface area contributed by atoms with Crippen molar-refractivity contribution in [2.24, 2.45) is 0 Å². The summed E-state index contributed by atoms with van der Waals surface area (Å²) in [6, 6.07) is 30.2. The molecule has 1 heterocycles. The zero-order valence-corrected chi connectivity index (χ0v) is 24.0. The maximum atomic E-state index is 13.4. The van der Waals surface area contributed by atoms with Gasteiger partial charge in [-0.1, -0.05) is 36.4 Å². The molecule has 4 aromatic carbocycles. The van der Waals surface area contributed by atoms with E-state index in [-0.39, 0.29) is 23.1 Å². The van der Waals surface area contributed by atoms with Crippen LogP contribution in [0, 0.1) is 0 Å². The van der Waals surface area contributed by atoms with E-state index in [1.807, 2.05) is 30.3 Å². The predicted octanol–water partition coefficient (Wildman–Crippen LogP) is 6.51. The fraction of sp³-hybridized carbons (Fsp3) is 0.0588. The molecule has 0 saturated carbocycles. The van der Waals surface area contributed by atoms with E-state index in [0.29, 0.717) is 22.5 Å². The van der Waals surface area contributed by atoms with Crippen LogP contribution in [-0.2, 0) is 9.59 Å². The van der Waals surface area contributed by atoms with Crippen molar-refractivity contribution in [1.82, 2.24) is 10.3 Å². The highest BCUT2D eigenvalue weighted by atomic mass is 32.2. The number of nitrogens with one attached hydrogen (secondary N) is 4. The third-order valence-corrected chi connectivity index (χ3v) is 7.52. The molecule has 5 aromatic rings. The molecule has 0 saturated heterocycles. The maximum Gasteiger partial charge on any atom is 0.272 e. The number of H-pyrrole nitrogens is 1. The summed E-state index contributed by atoms with van der Waals surface area (Å²) in [5.74, 6) is -0.916. The van der Waals surface area contributed by atoms with Crippen molar-refractivity contribution in [3.05, 3.63) is 132 Å². The number of fused-ring (bicyclic) bond motifs is 1. The molecular formula is C34H28N4O4S. The lowest BCUT2D eigenvalue weighted by molar-refractivity contribution is -0.114. The predicted molar refractivity (Wildman–Crippen MR) is 171 cm³/mol. The lowest BCUT2D eigenvalue weighted by Crippen LogP contribution is -2.30. The summed E-state index contributed by atoms with van der Waals surface area (Å²) < 4.78 is 0. The molecule has 0 fully saturated rings. The molecule has 0 aliphatic rings. The lowest BCUT2D eigenvalue weighted by Gasteiger charge is -2.12. The van der Waals surface area contributed by atoms with Crippen LogP contribution in [0.2, 0.25) is 0 Å². The van der Waals surface area contributed by atoms with E-state index in [2.05, 4.69) is 20.9 Å². The second kappa shape index (κ2) is 13.5. The minimum Gasteiger partial charge on any atom is -0.361 e. The Labute approximate surface area is 252 Å². The summed E-state index contributed by atoms with van der Waals surface area (Å²) in [4.78, 5) is 54.2. The van der Waals surface area contributed by atoms with Gasteiger partial charge >= 0.3 is 0 Å². The first-order valence-corrected chi connectivity index (χ1v) is 14.4. The minimum atomic E-state index is -0.481. The number of ketones is 1. The topological polar surface area (TPSA) is 120 Å². The Balaban J connectivity index is 1.24. The number of rotatable bonds is 10. The number of Topliss-reactive ketones (excluding diaryl/α,β-unsaturated/α-hetero) is 1. The van der Waals surface area contributed by atoms with Crippen LogP contribution >= 0.6 is 11.8 Å². The molecule has 9 heteroatoms. The average molecular weight is 589 g/mol. The first-order chi connectivity index (χ1) is 20.9. The summed E-state index contributed by atoms with van der Waals surface area (Å²) in [6.45, 7) is 1.49. The molecule has 8 nitrogen and oxygen atoms in total. The number of aromatic amines is 1. The van der Waals surface area contributed by atoms with Crippen molar-refractivity contribution in [3.63, 3.8) is 0 Å². The molecule has 0 atom stereocenters. The van der Waals surface area contributed by atoms with E-state index in [4.69, 9.17) is 0 Å². The Kier molecular flexibility index (Phi) is 9.14. The number of anilines is 2. The van der Waals surface area contributed by atoms with Gasteiger partial charge in [0.05, 0.1) is 5.75 Å². The van der Waals surface area contributed by atoms with Gasteiger partial charge in [-0.2, -0.15) is 0 Å². The summed E-state index contributed by atoms with van der Waals surface area (Å²) in [7, 11) is 0. The Hall–Kier alpha value is -5.41. The zero-order chi connectivity index (χ0) is 30.2. The molecule has 5 rings (SSSR count). The largest absolute Gasteiger partial charge is 0.361 e. The Morgan fingerprint density at radius 3 is 2.12 bits per heavy atom. The van der Waals surface area contributed by atoms with Crippen LogP contribution in [-0.4, -0.2) is 34.2 Å². The number of carbonyl (C=O) groups is 4. The molecule has 0 bridgehead atoms. The molecule has 3 amide bonds. The van der Waals surface area contributed by atoms with Crippen LogP contribution in [0.15, 0.2) is 120 Å². The quantitative estimate of drug-likeness (QED) is 0.0842. The van der Waals surface area contributed by atoms with Crippen LogP contribution in [0.4, 0.5) is 11.4 Å². The van der Waals surface area contributed by atoms with Gasteiger partial charge in [-0.05, 0) is 79.7 Å². The molecule has 4 N–H and O–H groups in total. The van der Waals surface area contributed by atoms with Gasteiger partial charge < -0.3 is 20.9 Å². The van der Waals surface area contributed by atoms with Crippen LogP contribution in [0.1, 0.15) is 33.2 Å². The van der Waals surface area contributed by atoms with E-state index < -0.39 is 11.8 Å². The SMILES string of the molecule is CC(=O)c1ccc(NC(=O)CSc2ccc(NC(=O)/C(=C\c3c[nH]c4ccccc34)NC(=O)c3ccccc3)cc2)cc1. The number of hydrogen-bond donors (Lipinski definition) is 4. The molecule has 214 valence electrons. The van der Waals surface area contributed by atoms with Gasteiger partial charge in [0.1, 0.15) is 5.70 Å². The number of carbonyl (C=O) groups excluding carboxylic acids is 4. The van der Waals surface area contributed by atoms with Gasteiger partial charge in [0, 0.05) is 50.1 Å². The van der Waals surface area contributed by atoms with E-state index in [1.165, 1.54) is 18.7 Å². The van der Waals surface area contributed by atoms with Crippen molar-refractivity contribution in [2.45, 2.75) is 11.8 Å². The van der Waals surface area contributed by atoms with E-state index in [9.17, 15) is 19.2 Å².